The van der Waals surface area contributed by atoms with Crippen molar-refractivity contribution >= 4 is 11.6 Å². The number of nitrogens with zero attached hydrogens (tertiary/aromatic N) is 1. The van der Waals surface area contributed by atoms with Crippen molar-refractivity contribution in [3.8, 4) is 0 Å². The number of nitrogens with one attached hydrogen (secondary N) is 4. The number of carbonyl (C=O) groups is 1. The molecule has 0 aliphatic carbocycles. The molecule has 9 heteroatoms. The van der Waals surface area contributed by atoms with Crippen molar-refractivity contribution in [2.75, 3.05) is 33.9 Å². The Balaban J connectivity index is 1.89. The quantitative estimate of drug-likeness (QED) is 0.328. The Hall–Kier alpha value is -2.78. The molecule has 1 aliphatic heterocycles. The summed E-state index contributed by atoms with van der Waals surface area (Å²) in [4.78, 5) is 13.9. The minimum absolute atomic E-state index is 0.163. The van der Waals surface area contributed by atoms with Crippen LogP contribution in [0.2, 0.25) is 0 Å². The lowest BCUT2D eigenvalue weighted by Gasteiger charge is -2.21. The number of nitrogens with two attached hydrogens (primary N) is 2. The van der Waals surface area contributed by atoms with Gasteiger partial charge in [0.15, 0.2) is 0 Å². The number of hydrogen-bond donors (Lipinski definition) is 6. The van der Waals surface area contributed by atoms with Gasteiger partial charge in [0.1, 0.15) is 17.3 Å². The molecule has 1 aliphatic rings. The second-order valence-corrected chi connectivity index (χ2v) is 5.76. The van der Waals surface area contributed by atoms with Gasteiger partial charge in [-0.1, -0.05) is 12.1 Å². The second kappa shape index (κ2) is 9.07. The molecule has 1 aromatic carbocycles. The molecule has 0 saturated heterocycles. The molecule has 1 unspecified atom stereocenters. The van der Waals surface area contributed by atoms with Crippen molar-refractivity contribution in [2.24, 2.45) is 11.5 Å². The predicted molar refractivity (Wildman–Crippen MR) is 99.4 cm³/mol. The third kappa shape index (κ3) is 4.87. The van der Waals surface area contributed by atoms with Crippen molar-refractivity contribution in [1.29, 1.82) is 0 Å². The molecule has 1 heterocycles. The van der Waals surface area contributed by atoms with E-state index in [4.69, 9.17) is 11.5 Å². The predicted octanol–water partition coefficient (Wildman–Crippen LogP) is -1.00. The molecule has 0 aromatic heterocycles. The van der Waals surface area contributed by atoms with Crippen LogP contribution in [0.4, 0.5) is 4.39 Å². The highest BCUT2D eigenvalue weighted by Gasteiger charge is 2.26. The van der Waals surface area contributed by atoms with Gasteiger partial charge in [-0.05, 0) is 23.8 Å². The summed E-state index contributed by atoms with van der Waals surface area (Å²) in [6.07, 6.45) is 1.20. The Kier molecular flexibility index (Phi) is 6.81. The monoisotopic (exact) mass is 363 g/mol. The summed E-state index contributed by atoms with van der Waals surface area (Å²) in [5, 5.41) is 11.9. The first-order valence-corrected chi connectivity index (χ1v) is 8.31. The summed E-state index contributed by atoms with van der Waals surface area (Å²) in [6, 6.07) is 5.90. The lowest BCUT2D eigenvalue weighted by atomic mass is 10.1. The summed E-state index contributed by atoms with van der Waals surface area (Å²) in [5.41, 5.74) is 13.7. The maximum absolute atomic E-state index is 13.0. The third-order valence-corrected chi connectivity index (χ3v) is 3.99. The highest BCUT2D eigenvalue weighted by Crippen LogP contribution is 2.13. The van der Waals surface area contributed by atoms with Crippen LogP contribution in [0.3, 0.4) is 0 Å². The number of benzene rings is 1. The Bertz CT molecular complexity index is 687. The number of amides is 1. The van der Waals surface area contributed by atoms with Crippen LogP contribution in [0.15, 0.2) is 41.9 Å². The molecule has 0 fully saturated rings. The fourth-order valence-electron chi connectivity index (χ4n) is 2.63. The van der Waals surface area contributed by atoms with Crippen molar-refractivity contribution in [1.82, 2.24) is 26.2 Å². The summed E-state index contributed by atoms with van der Waals surface area (Å²) in [7, 11) is 3.35. The molecule has 1 aromatic rings. The molecule has 26 heavy (non-hydrogen) atoms. The molecule has 8 nitrogen and oxygen atoms in total. The minimum atomic E-state index is -0.466. The number of rotatable bonds is 8. The largest absolute Gasteiger partial charge is 0.398 e. The highest BCUT2D eigenvalue weighted by molar-refractivity contribution is 5.93. The smallest absolute Gasteiger partial charge is 0.271 e. The molecule has 0 radical (unpaired) electrons. The molecule has 1 amide bonds. The van der Waals surface area contributed by atoms with E-state index in [1.54, 1.807) is 32.3 Å². The Labute approximate surface area is 152 Å². The lowest BCUT2D eigenvalue weighted by molar-refractivity contribution is -0.118. The molecule has 0 spiro atoms. The molecule has 1 atom stereocenters. The van der Waals surface area contributed by atoms with Crippen LogP contribution in [0, 0.1) is 5.82 Å². The minimum Gasteiger partial charge on any atom is -0.398 e. The molecule has 8 N–H and O–H groups in total. The van der Waals surface area contributed by atoms with E-state index >= 15 is 0 Å². The number of carbonyl (C=O) groups excluding carboxylic acids is 1. The van der Waals surface area contributed by atoms with E-state index in [-0.39, 0.29) is 11.7 Å². The van der Waals surface area contributed by atoms with Crippen LogP contribution in [0.25, 0.3) is 5.70 Å². The number of hydrogen-bond acceptors (Lipinski definition) is 7. The van der Waals surface area contributed by atoms with Gasteiger partial charge in [-0.15, -0.1) is 0 Å². The van der Waals surface area contributed by atoms with Gasteiger partial charge in [0, 0.05) is 32.9 Å². The van der Waals surface area contributed by atoms with E-state index in [0.717, 1.165) is 0 Å². The van der Waals surface area contributed by atoms with Gasteiger partial charge < -0.3 is 32.3 Å². The number of likely N-dealkylation sites (N-methyl/N-ethyl adjacent to an activating group) is 1. The van der Waals surface area contributed by atoms with Crippen LogP contribution in [0.5, 0.6) is 0 Å². The Morgan fingerprint density at radius 1 is 1.38 bits per heavy atom. The summed E-state index contributed by atoms with van der Waals surface area (Å²) < 4.78 is 13.0. The molecular formula is C17H26FN7O. The molecule has 0 bridgehead atoms. The molecular weight excluding hydrogens is 337 g/mol. The fraction of sp³-hybridized carbons (Fsp3) is 0.353. The van der Waals surface area contributed by atoms with Crippen LogP contribution >= 0.6 is 0 Å². The Morgan fingerprint density at radius 3 is 2.69 bits per heavy atom. The lowest BCUT2D eigenvalue weighted by Crippen LogP contribution is -2.42. The molecule has 2 rings (SSSR count). The van der Waals surface area contributed by atoms with E-state index in [1.807, 2.05) is 4.90 Å². The standard InChI is InChI=1S/C17H26FN7O/c1-21-16-15(17(26)22-2)25(10-24-16)8-7-23-14(20)9-13(19)11-3-5-12(18)6-4-11/h3-6,9,14,21,23-24H,7-8,10,19-20H2,1-2H3,(H,22,26)/b13-9-. The fourth-order valence-corrected chi connectivity index (χ4v) is 2.63. The van der Waals surface area contributed by atoms with Crippen molar-refractivity contribution < 1.29 is 9.18 Å². The topological polar surface area (TPSA) is 120 Å². The van der Waals surface area contributed by atoms with Crippen LogP contribution in [-0.2, 0) is 4.79 Å². The van der Waals surface area contributed by atoms with E-state index in [0.29, 0.717) is 42.5 Å². The maximum atomic E-state index is 13.0. The van der Waals surface area contributed by atoms with Crippen molar-refractivity contribution in [3.05, 3.63) is 53.2 Å². The van der Waals surface area contributed by atoms with Gasteiger partial charge in [-0.2, -0.15) is 0 Å². The first kappa shape index (κ1) is 19.5. The number of halogens is 1. The highest BCUT2D eigenvalue weighted by atomic mass is 19.1. The summed E-state index contributed by atoms with van der Waals surface area (Å²) >= 11 is 0. The van der Waals surface area contributed by atoms with Crippen LogP contribution < -0.4 is 32.7 Å². The third-order valence-electron chi connectivity index (χ3n) is 3.99. The van der Waals surface area contributed by atoms with Gasteiger partial charge in [0.05, 0.1) is 12.8 Å². The van der Waals surface area contributed by atoms with E-state index in [9.17, 15) is 9.18 Å². The zero-order chi connectivity index (χ0) is 19.1. The van der Waals surface area contributed by atoms with E-state index in [2.05, 4.69) is 21.3 Å². The first-order chi connectivity index (χ1) is 12.5. The van der Waals surface area contributed by atoms with Gasteiger partial charge >= 0.3 is 0 Å². The maximum Gasteiger partial charge on any atom is 0.271 e. The normalized spacial score (nSPS) is 15.7. The van der Waals surface area contributed by atoms with Gasteiger partial charge in [-0.25, -0.2) is 4.39 Å². The SMILES string of the molecule is CNC(=O)C1=C(NC)NCN1CCNC(N)/C=C(\N)c1ccc(F)cc1. The van der Waals surface area contributed by atoms with Crippen molar-refractivity contribution in [3.63, 3.8) is 0 Å². The summed E-state index contributed by atoms with van der Waals surface area (Å²) in [6.45, 7) is 1.66. The zero-order valence-corrected chi connectivity index (χ0v) is 15.0. The van der Waals surface area contributed by atoms with Gasteiger partial charge in [-0.3, -0.25) is 10.1 Å². The van der Waals surface area contributed by atoms with E-state index < -0.39 is 6.17 Å². The molecule has 142 valence electrons. The average molecular weight is 363 g/mol. The first-order valence-electron chi connectivity index (χ1n) is 8.31. The van der Waals surface area contributed by atoms with Crippen molar-refractivity contribution in [2.45, 2.75) is 6.17 Å². The molecule has 0 saturated carbocycles. The van der Waals surface area contributed by atoms with Gasteiger partial charge in [0.25, 0.3) is 5.91 Å². The summed E-state index contributed by atoms with van der Waals surface area (Å²) in [5.74, 6) is 0.210. The van der Waals surface area contributed by atoms with E-state index in [1.165, 1.54) is 12.1 Å². The second-order valence-electron chi connectivity index (χ2n) is 5.76. The van der Waals surface area contributed by atoms with Crippen LogP contribution in [0.1, 0.15) is 5.56 Å². The zero-order valence-electron chi connectivity index (χ0n) is 15.0. The van der Waals surface area contributed by atoms with Gasteiger partial charge in [0.2, 0.25) is 0 Å². The Morgan fingerprint density at radius 2 is 2.08 bits per heavy atom. The van der Waals surface area contributed by atoms with Crippen LogP contribution in [-0.4, -0.2) is 50.8 Å². The average Bonchev–Trinajstić information content (AvgIpc) is 3.04.